The van der Waals surface area contributed by atoms with Gasteiger partial charge in [0.25, 0.3) is 0 Å². The van der Waals surface area contributed by atoms with Crippen molar-refractivity contribution in [3.05, 3.63) is 81.5 Å². The van der Waals surface area contributed by atoms with Gasteiger partial charge in [0.2, 0.25) is 5.91 Å². The monoisotopic (exact) mass is 569 g/mol. The van der Waals surface area contributed by atoms with Gasteiger partial charge in [0.15, 0.2) is 0 Å². The second-order valence-electron chi connectivity index (χ2n) is 8.10. The van der Waals surface area contributed by atoms with Crippen molar-refractivity contribution >= 4 is 40.9 Å². The van der Waals surface area contributed by atoms with Gasteiger partial charge >= 0.3 is 5.97 Å². The lowest BCUT2D eigenvalue weighted by molar-refractivity contribution is -0.138. The van der Waals surface area contributed by atoms with Crippen molar-refractivity contribution in [3.63, 3.8) is 0 Å². The van der Waals surface area contributed by atoms with Gasteiger partial charge in [-0.2, -0.15) is 5.26 Å². The van der Waals surface area contributed by atoms with E-state index in [1.165, 1.54) is 27.4 Å². The Bertz CT molecular complexity index is 1380. The summed E-state index contributed by atoms with van der Waals surface area (Å²) in [5, 5.41) is 16.9. The predicted molar refractivity (Wildman–Crippen MR) is 151 cm³/mol. The lowest BCUT2D eigenvalue weighted by Crippen LogP contribution is -2.29. The van der Waals surface area contributed by atoms with Crippen LogP contribution in [-0.2, 0) is 14.3 Å². The normalized spacial score (nSPS) is 14.6. The molecule has 0 bridgehead atoms. The first kappa shape index (κ1) is 29.5. The molecule has 39 heavy (non-hydrogen) atoms. The zero-order valence-electron chi connectivity index (χ0n) is 21.9. The first-order valence-electron chi connectivity index (χ1n) is 11.7. The van der Waals surface area contributed by atoms with Gasteiger partial charge in [-0.15, -0.1) is 0 Å². The maximum absolute atomic E-state index is 13.1. The highest BCUT2D eigenvalue weighted by atomic mass is 35.5. The van der Waals surface area contributed by atoms with Crippen molar-refractivity contribution in [3.8, 4) is 23.3 Å². The smallest absolute Gasteiger partial charge is 0.337 e. The Labute approximate surface area is 236 Å². The number of dihydropyridines is 1. The first-order chi connectivity index (χ1) is 18.8. The molecule has 1 amide bonds. The fourth-order valence-corrected chi connectivity index (χ4v) is 5.13. The second-order valence-corrected chi connectivity index (χ2v) is 9.50. The van der Waals surface area contributed by atoms with Crippen LogP contribution in [-0.4, -0.2) is 45.6 Å². The molecule has 2 aromatic carbocycles. The molecule has 0 saturated heterocycles. The van der Waals surface area contributed by atoms with Crippen LogP contribution in [0.4, 0.5) is 5.69 Å². The van der Waals surface area contributed by atoms with Crippen LogP contribution in [0.15, 0.2) is 70.9 Å². The number of para-hydroxylation sites is 1. The Balaban J connectivity index is 1.94. The number of hydrogen-bond acceptors (Lipinski definition) is 9. The van der Waals surface area contributed by atoms with Crippen molar-refractivity contribution in [1.82, 2.24) is 5.32 Å². The molecular weight excluding hydrogens is 542 g/mol. The fourth-order valence-electron chi connectivity index (χ4n) is 4.01. The van der Waals surface area contributed by atoms with Gasteiger partial charge in [0.05, 0.1) is 66.0 Å². The number of nitrogens with one attached hydrogen (secondary N) is 2. The number of hydrogen-bond donors (Lipinski definition) is 2. The summed E-state index contributed by atoms with van der Waals surface area (Å²) in [7, 11) is 4.44. The topological polar surface area (TPSA) is 119 Å². The Morgan fingerprint density at radius 2 is 1.85 bits per heavy atom. The van der Waals surface area contributed by atoms with E-state index in [1.54, 1.807) is 43.3 Å². The van der Waals surface area contributed by atoms with Gasteiger partial charge in [-0.3, -0.25) is 4.79 Å². The molecule has 1 heterocycles. The molecule has 204 valence electrons. The number of anilines is 1. The highest BCUT2D eigenvalue weighted by molar-refractivity contribution is 8.03. The van der Waals surface area contributed by atoms with Crippen LogP contribution in [0.5, 0.6) is 17.2 Å². The number of carbonyl (C=O) groups excluding carboxylic acids is 2. The van der Waals surface area contributed by atoms with E-state index in [2.05, 4.69) is 23.3 Å². The molecule has 3 rings (SSSR count). The molecule has 0 radical (unpaired) electrons. The molecule has 0 aromatic heterocycles. The van der Waals surface area contributed by atoms with Gasteiger partial charge < -0.3 is 29.6 Å². The second kappa shape index (κ2) is 13.6. The van der Waals surface area contributed by atoms with Crippen molar-refractivity contribution in [2.45, 2.75) is 12.8 Å². The summed E-state index contributed by atoms with van der Waals surface area (Å²) in [4.78, 5) is 26.0. The van der Waals surface area contributed by atoms with Crippen LogP contribution in [0.3, 0.4) is 0 Å². The quantitative estimate of drug-likeness (QED) is 0.279. The molecule has 0 spiro atoms. The van der Waals surface area contributed by atoms with Gasteiger partial charge in [-0.1, -0.05) is 54.2 Å². The average Bonchev–Trinajstić information content (AvgIpc) is 2.94. The van der Waals surface area contributed by atoms with E-state index in [-0.39, 0.29) is 29.4 Å². The van der Waals surface area contributed by atoms with E-state index >= 15 is 0 Å². The molecular formula is C28H28ClN3O6S. The highest BCUT2D eigenvalue weighted by Crippen LogP contribution is 2.44. The Morgan fingerprint density at radius 1 is 1.15 bits per heavy atom. The zero-order chi connectivity index (χ0) is 28.5. The largest absolute Gasteiger partial charge is 0.496 e. The Hall–Kier alpha value is -4.07. The maximum atomic E-state index is 13.1. The number of nitrogens with zero attached hydrogens (tertiary/aromatic N) is 1. The minimum absolute atomic E-state index is 0.0145. The maximum Gasteiger partial charge on any atom is 0.337 e. The molecule has 11 heteroatoms. The van der Waals surface area contributed by atoms with Gasteiger partial charge in [-0.25, -0.2) is 4.79 Å². The van der Waals surface area contributed by atoms with E-state index < -0.39 is 11.9 Å². The summed E-state index contributed by atoms with van der Waals surface area (Å²) >= 11 is 7.28. The lowest BCUT2D eigenvalue weighted by Gasteiger charge is -2.30. The summed E-state index contributed by atoms with van der Waals surface area (Å²) in [5.41, 5.74) is 2.00. The number of allylic oxidation sites excluding steroid dienone is 2. The number of rotatable bonds is 11. The summed E-state index contributed by atoms with van der Waals surface area (Å²) in [6.45, 7) is 5.32. The standard InChI is InChI=1S/C28H28ClN3O6S/c1-6-11-38-28(34)25-16(2)31-27(18(14-30)26(25)17-9-7-8-10-21(17)35-3)39-15-24(33)32-20-13-22(36-4)19(29)12-23(20)37-5/h6-10,12-13,26,31H,1,11,15H2,2-5H3,(H,32,33)/t26-/m0/s1. The SMILES string of the molecule is C=CCOC(=O)C1=C(C)NC(SCC(=O)Nc2cc(OC)c(Cl)cc2OC)=C(C#N)[C@@H]1c1ccccc1OC. The lowest BCUT2D eigenvalue weighted by atomic mass is 9.82. The number of thioether (sulfide) groups is 1. The number of nitriles is 1. The highest BCUT2D eigenvalue weighted by Gasteiger charge is 2.37. The number of halogens is 1. The molecule has 2 N–H and O–H groups in total. The van der Waals surface area contributed by atoms with Crippen LogP contribution in [0.2, 0.25) is 5.02 Å². The van der Waals surface area contributed by atoms with Crippen molar-refractivity contribution < 1.29 is 28.5 Å². The molecule has 0 unspecified atom stereocenters. The minimum atomic E-state index is -0.782. The van der Waals surface area contributed by atoms with Gasteiger partial charge in [0.1, 0.15) is 23.9 Å². The van der Waals surface area contributed by atoms with Crippen molar-refractivity contribution in [1.29, 1.82) is 5.26 Å². The number of carbonyl (C=O) groups is 2. The summed E-state index contributed by atoms with van der Waals surface area (Å²) < 4.78 is 21.4. The molecule has 2 aromatic rings. The average molecular weight is 570 g/mol. The molecule has 0 aliphatic carbocycles. The number of esters is 1. The van der Waals surface area contributed by atoms with E-state index in [9.17, 15) is 14.9 Å². The molecule has 0 saturated carbocycles. The summed E-state index contributed by atoms with van der Waals surface area (Å²) in [6, 6.07) is 12.5. The number of methoxy groups -OCH3 is 3. The zero-order valence-corrected chi connectivity index (χ0v) is 23.5. The number of ether oxygens (including phenoxy) is 4. The van der Waals surface area contributed by atoms with E-state index in [1.807, 2.05) is 0 Å². The van der Waals surface area contributed by atoms with Crippen molar-refractivity contribution in [2.24, 2.45) is 0 Å². The third-order valence-corrected chi connectivity index (χ3v) is 7.06. The van der Waals surface area contributed by atoms with E-state index in [0.717, 1.165) is 11.8 Å². The van der Waals surface area contributed by atoms with E-state index in [0.29, 0.717) is 44.2 Å². The van der Waals surface area contributed by atoms with Crippen LogP contribution >= 0.6 is 23.4 Å². The molecule has 1 atom stereocenters. The third-order valence-electron chi connectivity index (χ3n) is 5.75. The van der Waals surface area contributed by atoms with Gasteiger partial charge in [0, 0.05) is 23.4 Å². The third kappa shape index (κ3) is 6.69. The van der Waals surface area contributed by atoms with Crippen LogP contribution in [0, 0.1) is 11.3 Å². The van der Waals surface area contributed by atoms with Crippen molar-refractivity contribution in [2.75, 3.05) is 39.0 Å². The van der Waals surface area contributed by atoms with E-state index in [4.69, 9.17) is 30.5 Å². The molecule has 9 nitrogen and oxygen atoms in total. The Kier molecular flexibility index (Phi) is 10.3. The molecule has 1 aliphatic rings. The minimum Gasteiger partial charge on any atom is -0.496 e. The summed E-state index contributed by atoms with van der Waals surface area (Å²) in [6.07, 6.45) is 1.47. The van der Waals surface area contributed by atoms with Crippen LogP contribution < -0.4 is 24.8 Å². The molecule has 0 fully saturated rings. The number of amides is 1. The van der Waals surface area contributed by atoms with Crippen LogP contribution in [0.25, 0.3) is 0 Å². The summed E-state index contributed by atoms with van der Waals surface area (Å²) in [5.74, 6) is -0.537. The Morgan fingerprint density at radius 3 is 2.49 bits per heavy atom. The first-order valence-corrected chi connectivity index (χ1v) is 13.0. The predicted octanol–water partition coefficient (Wildman–Crippen LogP) is 5.16. The number of benzene rings is 2. The fraction of sp³-hybridized carbons (Fsp3) is 0.250. The van der Waals surface area contributed by atoms with Gasteiger partial charge in [-0.05, 0) is 13.0 Å². The molecule has 1 aliphatic heterocycles. The van der Waals surface area contributed by atoms with Crippen LogP contribution in [0.1, 0.15) is 18.4 Å².